The average Bonchev–Trinajstić information content (AvgIpc) is 2.68. The monoisotopic (exact) mass is 273 g/mol. The number of nitriles is 1. The molecule has 1 aromatic rings. The van der Waals surface area contributed by atoms with Crippen LogP contribution in [0, 0.1) is 21.4 Å². The summed E-state index contributed by atoms with van der Waals surface area (Å²) in [5, 5.41) is 21.8. The van der Waals surface area contributed by atoms with Gasteiger partial charge in [0.25, 0.3) is 11.6 Å². The van der Waals surface area contributed by atoms with E-state index in [9.17, 15) is 19.7 Å². The van der Waals surface area contributed by atoms with E-state index >= 15 is 0 Å². The Morgan fingerprint density at radius 3 is 2.55 bits per heavy atom. The van der Waals surface area contributed by atoms with Gasteiger partial charge in [0.15, 0.2) is 0 Å². The molecule has 0 aliphatic carbocycles. The van der Waals surface area contributed by atoms with Gasteiger partial charge in [0, 0.05) is 18.2 Å². The van der Waals surface area contributed by atoms with Crippen LogP contribution in [0.2, 0.25) is 0 Å². The number of hydrazine groups is 1. The number of nitrogens with zero attached hydrogens (tertiary/aromatic N) is 3. The van der Waals surface area contributed by atoms with E-state index in [0.29, 0.717) is 10.7 Å². The topological polar surface area (TPSA) is 128 Å². The summed E-state index contributed by atoms with van der Waals surface area (Å²) in [5.41, 5.74) is 2.55. The molecular weight excluding hydrogens is 266 g/mol. The molecule has 2 N–H and O–H groups in total. The Morgan fingerprint density at radius 1 is 1.35 bits per heavy atom. The lowest BCUT2D eigenvalue weighted by Crippen LogP contribution is -2.36. The maximum absolute atomic E-state index is 11.7. The minimum Gasteiger partial charge on any atom is -0.300 e. The van der Waals surface area contributed by atoms with E-state index < -0.39 is 16.9 Å². The summed E-state index contributed by atoms with van der Waals surface area (Å²) in [5.74, 6) is -0.713. The zero-order valence-electron chi connectivity index (χ0n) is 9.86. The van der Waals surface area contributed by atoms with Gasteiger partial charge >= 0.3 is 6.03 Å². The number of anilines is 1. The number of amides is 3. The number of urea groups is 1. The predicted molar refractivity (Wildman–Crippen MR) is 65.8 cm³/mol. The molecule has 0 radical (unpaired) electrons. The molecule has 1 heterocycles. The van der Waals surface area contributed by atoms with Crippen LogP contribution in [0.5, 0.6) is 0 Å². The molecule has 100 valence electrons. The van der Waals surface area contributed by atoms with Gasteiger partial charge in [-0.15, -0.1) is 0 Å². The minimum atomic E-state index is -0.741. The van der Waals surface area contributed by atoms with Crippen molar-refractivity contribution < 1.29 is 14.5 Å². The molecule has 3 amide bonds. The zero-order chi connectivity index (χ0) is 14.7. The highest BCUT2D eigenvalue weighted by molar-refractivity contribution is 6.12. The van der Waals surface area contributed by atoms with Gasteiger partial charge in [-0.05, 0) is 12.1 Å². The average molecular weight is 273 g/mol. The third-order valence-corrected chi connectivity index (χ3v) is 2.41. The van der Waals surface area contributed by atoms with Gasteiger partial charge in [0.2, 0.25) is 0 Å². The molecule has 0 spiro atoms. The molecule has 0 bridgehead atoms. The molecule has 1 aromatic carbocycles. The van der Waals surface area contributed by atoms with E-state index in [1.807, 2.05) is 0 Å². The largest absolute Gasteiger partial charge is 0.348 e. The molecule has 0 atom stereocenters. The molecule has 9 nitrogen and oxygen atoms in total. The highest BCUT2D eigenvalue weighted by atomic mass is 16.6. The first-order valence-corrected chi connectivity index (χ1v) is 5.29. The first-order valence-electron chi connectivity index (χ1n) is 5.29. The highest BCUT2D eigenvalue weighted by Gasteiger charge is 2.34. The number of non-ortho nitro benzene ring substituents is 1. The van der Waals surface area contributed by atoms with Crippen molar-refractivity contribution in [3.63, 3.8) is 0 Å². The van der Waals surface area contributed by atoms with Crippen LogP contribution in [0.25, 0.3) is 0 Å². The standard InChI is InChI=1S/C11H7N5O4/c12-6-5-9-10(17)15(11(18)13-9)14-7-1-3-8(4-2-7)16(19)20/h1-5,14H,(H,13,18)/b9-5-. The van der Waals surface area contributed by atoms with Crippen molar-refractivity contribution in [1.29, 1.82) is 5.26 Å². The number of nitro groups is 1. The van der Waals surface area contributed by atoms with E-state index in [0.717, 1.165) is 6.08 Å². The summed E-state index contributed by atoms with van der Waals surface area (Å²) in [6.07, 6.45) is 0.914. The zero-order valence-corrected chi connectivity index (χ0v) is 9.86. The Bertz CT molecular complexity index is 658. The van der Waals surface area contributed by atoms with Crippen molar-refractivity contribution in [1.82, 2.24) is 10.3 Å². The number of benzene rings is 1. The SMILES string of the molecule is N#C/C=C1\NC(=O)N(Nc2ccc([N+](=O)[O-])cc2)C1=O. The van der Waals surface area contributed by atoms with Crippen molar-refractivity contribution in [2.45, 2.75) is 0 Å². The van der Waals surface area contributed by atoms with Crippen molar-refractivity contribution in [2.24, 2.45) is 0 Å². The van der Waals surface area contributed by atoms with Crippen molar-refractivity contribution >= 4 is 23.3 Å². The van der Waals surface area contributed by atoms with E-state index in [2.05, 4.69) is 10.7 Å². The summed E-state index contributed by atoms with van der Waals surface area (Å²) in [4.78, 5) is 33.2. The van der Waals surface area contributed by atoms with E-state index in [-0.39, 0.29) is 11.4 Å². The van der Waals surface area contributed by atoms with Gasteiger partial charge in [0.1, 0.15) is 5.70 Å². The maximum Gasteiger partial charge on any atom is 0.348 e. The van der Waals surface area contributed by atoms with Crippen LogP contribution >= 0.6 is 0 Å². The molecule has 2 rings (SSSR count). The third-order valence-electron chi connectivity index (χ3n) is 2.41. The van der Waals surface area contributed by atoms with Gasteiger partial charge in [-0.1, -0.05) is 0 Å². The van der Waals surface area contributed by atoms with Crippen LogP contribution in [0.15, 0.2) is 36.0 Å². The normalized spacial score (nSPS) is 15.9. The number of carbonyl (C=O) groups is 2. The number of rotatable bonds is 3. The van der Waals surface area contributed by atoms with Gasteiger partial charge in [-0.2, -0.15) is 10.3 Å². The van der Waals surface area contributed by atoms with Gasteiger partial charge < -0.3 is 5.32 Å². The van der Waals surface area contributed by atoms with Crippen molar-refractivity contribution in [3.8, 4) is 6.07 Å². The molecule has 1 saturated heterocycles. The summed E-state index contributed by atoms with van der Waals surface area (Å²) in [7, 11) is 0. The fraction of sp³-hybridized carbons (Fsp3) is 0. The number of hydrogen-bond donors (Lipinski definition) is 2. The smallest absolute Gasteiger partial charge is 0.300 e. The second kappa shape index (κ2) is 5.07. The quantitative estimate of drug-likeness (QED) is 0.276. The van der Waals surface area contributed by atoms with Crippen LogP contribution < -0.4 is 10.7 Å². The number of hydrogen-bond acceptors (Lipinski definition) is 6. The van der Waals surface area contributed by atoms with Crippen LogP contribution in [0.1, 0.15) is 0 Å². The number of imide groups is 1. The summed E-state index contributed by atoms with van der Waals surface area (Å²) in [6, 6.07) is 6.06. The fourth-order valence-electron chi connectivity index (χ4n) is 1.49. The van der Waals surface area contributed by atoms with Gasteiger partial charge in [0.05, 0.1) is 16.7 Å². The molecule has 1 aliphatic rings. The molecule has 0 saturated carbocycles. The van der Waals surface area contributed by atoms with Crippen LogP contribution in [0.4, 0.5) is 16.2 Å². The Kier molecular flexibility index (Phi) is 3.30. The Labute approximate surface area is 112 Å². The van der Waals surface area contributed by atoms with E-state index in [1.54, 1.807) is 6.07 Å². The van der Waals surface area contributed by atoms with Crippen molar-refractivity contribution in [3.05, 3.63) is 46.2 Å². The summed E-state index contributed by atoms with van der Waals surface area (Å²) >= 11 is 0. The molecule has 0 aromatic heterocycles. The maximum atomic E-state index is 11.7. The Morgan fingerprint density at radius 2 is 2.00 bits per heavy atom. The summed E-state index contributed by atoms with van der Waals surface area (Å²) < 4.78 is 0. The second-order valence-electron chi connectivity index (χ2n) is 3.67. The van der Waals surface area contributed by atoms with E-state index in [4.69, 9.17) is 5.26 Å². The highest BCUT2D eigenvalue weighted by Crippen LogP contribution is 2.18. The van der Waals surface area contributed by atoms with Gasteiger partial charge in [-0.25, -0.2) is 4.79 Å². The molecule has 1 aliphatic heterocycles. The number of nitrogens with one attached hydrogen (secondary N) is 2. The lowest BCUT2D eigenvalue weighted by molar-refractivity contribution is -0.384. The van der Waals surface area contributed by atoms with Crippen LogP contribution in [-0.4, -0.2) is 21.9 Å². The van der Waals surface area contributed by atoms with Gasteiger partial charge in [-0.3, -0.25) is 20.3 Å². The van der Waals surface area contributed by atoms with Crippen LogP contribution in [0.3, 0.4) is 0 Å². The summed E-state index contributed by atoms with van der Waals surface area (Å²) in [6.45, 7) is 0. The first kappa shape index (κ1) is 13.0. The molecular formula is C11H7N5O4. The van der Waals surface area contributed by atoms with E-state index in [1.165, 1.54) is 24.3 Å². The fourth-order valence-corrected chi connectivity index (χ4v) is 1.49. The first-order chi connectivity index (χ1) is 9.52. The van der Waals surface area contributed by atoms with Crippen molar-refractivity contribution in [2.75, 3.05) is 5.43 Å². The molecule has 20 heavy (non-hydrogen) atoms. The third kappa shape index (κ3) is 2.39. The number of nitro benzene ring substituents is 1. The lowest BCUT2D eigenvalue weighted by Gasteiger charge is -2.14. The Balaban J connectivity index is 2.16. The second-order valence-corrected chi connectivity index (χ2v) is 3.67. The lowest BCUT2D eigenvalue weighted by atomic mass is 10.3. The minimum absolute atomic E-state index is 0.113. The molecule has 1 fully saturated rings. The van der Waals surface area contributed by atoms with Crippen LogP contribution in [-0.2, 0) is 4.79 Å². The molecule has 0 unspecified atom stereocenters. The number of allylic oxidation sites excluding steroid dienone is 1. The predicted octanol–water partition coefficient (Wildman–Crippen LogP) is 0.881. The molecule has 9 heteroatoms. The Hall–Kier alpha value is -3.41. The number of carbonyl (C=O) groups excluding carboxylic acids is 2.